The zero-order valence-electron chi connectivity index (χ0n) is 15.7. The largest absolute Gasteiger partial charge is 0.308 e. The highest BCUT2D eigenvalue weighted by Gasteiger charge is 2.07. The molecule has 0 spiro atoms. The van der Waals surface area contributed by atoms with E-state index >= 15 is 0 Å². The summed E-state index contributed by atoms with van der Waals surface area (Å²) in [7, 11) is 4.10. The van der Waals surface area contributed by atoms with Crippen LogP contribution in [0.3, 0.4) is 0 Å². The van der Waals surface area contributed by atoms with E-state index in [-0.39, 0.29) is 0 Å². The Balaban J connectivity index is 3.12. The summed E-state index contributed by atoms with van der Waals surface area (Å²) < 4.78 is 0. The number of hydrogen-bond acceptors (Lipinski definition) is 2. The lowest BCUT2D eigenvalue weighted by Gasteiger charge is -2.12. The van der Waals surface area contributed by atoms with Crippen LogP contribution in [0, 0.1) is 12.3 Å². The van der Waals surface area contributed by atoms with E-state index in [1.807, 2.05) is 14.1 Å². The van der Waals surface area contributed by atoms with Crippen LogP contribution in [0.5, 0.6) is 0 Å². The van der Waals surface area contributed by atoms with Gasteiger partial charge >= 0.3 is 0 Å². The second-order valence-corrected chi connectivity index (χ2v) is 6.34. The minimum absolute atomic E-state index is 0.773. The molecule has 128 valence electrons. The third kappa shape index (κ3) is 5.81. The topological polar surface area (TPSA) is 27.1 Å². The summed E-state index contributed by atoms with van der Waals surface area (Å²) in [6, 6.07) is 6.50. The van der Waals surface area contributed by atoms with Crippen LogP contribution >= 0.6 is 0 Å². The van der Waals surface area contributed by atoms with Gasteiger partial charge in [0.05, 0.1) is 0 Å². The molecule has 2 nitrogen and oxygen atoms in total. The SMILES string of the molecule is C=C=C(CC)c1ccc(C)c(C/C(C=N)=C(C)\C=C/CN(C)C)c1. The number of benzene rings is 1. The first-order valence-electron chi connectivity index (χ1n) is 8.43. The molecule has 0 aliphatic rings. The van der Waals surface area contributed by atoms with Crippen LogP contribution in [-0.2, 0) is 6.42 Å². The Morgan fingerprint density at radius 3 is 2.58 bits per heavy atom. The zero-order chi connectivity index (χ0) is 18.1. The molecule has 0 heterocycles. The quantitative estimate of drug-likeness (QED) is 0.397. The molecule has 0 fully saturated rings. The van der Waals surface area contributed by atoms with Crippen molar-refractivity contribution in [2.24, 2.45) is 0 Å². The van der Waals surface area contributed by atoms with Gasteiger partial charge in [0.2, 0.25) is 0 Å². The van der Waals surface area contributed by atoms with E-state index < -0.39 is 0 Å². The molecule has 0 saturated heterocycles. The number of allylic oxidation sites excluding steroid dienone is 4. The number of aryl methyl sites for hydroxylation is 1. The molecule has 1 aromatic rings. The smallest absolute Gasteiger partial charge is 0.0215 e. The predicted molar refractivity (Wildman–Crippen MR) is 107 cm³/mol. The fourth-order valence-electron chi connectivity index (χ4n) is 2.54. The van der Waals surface area contributed by atoms with Crippen molar-refractivity contribution in [1.82, 2.24) is 4.90 Å². The Morgan fingerprint density at radius 2 is 2.04 bits per heavy atom. The van der Waals surface area contributed by atoms with Gasteiger partial charge in [-0.3, -0.25) is 0 Å². The van der Waals surface area contributed by atoms with Crippen LogP contribution in [0.2, 0.25) is 0 Å². The molecule has 0 saturated carbocycles. The summed E-state index contributed by atoms with van der Waals surface area (Å²) in [5, 5.41) is 7.79. The number of rotatable bonds is 8. The summed E-state index contributed by atoms with van der Waals surface area (Å²) in [5.74, 6) is 0. The minimum Gasteiger partial charge on any atom is -0.308 e. The van der Waals surface area contributed by atoms with E-state index in [1.165, 1.54) is 22.9 Å². The average molecular weight is 322 g/mol. The molecule has 2 heteroatoms. The van der Waals surface area contributed by atoms with Crippen molar-refractivity contribution in [3.8, 4) is 0 Å². The van der Waals surface area contributed by atoms with Crippen LogP contribution in [0.15, 0.2) is 53.8 Å². The monoisotopic (exact) mass is 322 g/mol. The number of likely N-dealkylation sites (N-methyl/N-ethyl adjacent to an activating group) is 1. The number of hydrogen-bond donors (Lipinski definition) is 1. The predicted octanol–water partition coefficient (Wildman–Crippen LogP) is 5.20. The van der Waals surface area contributed by atoms with E-state index in [9.17, 15) is 0 Å². The molecule has 1 N–H and O–H groups in total. The summed E-state index contributed by atoms with van der Waals surface area (Å²) in [5.41, 5.74) is 10.1. The molecule has 0 amide bonds. The fraction of sp³-hybridized carbons (Fsp3) is 0.364. The average Bonchev–Trinajstić information content (AvgIpc) is 2.55. The van der Waals surface area contributed by atoms with Crippen LogP contribution in [0.4, 0.5) is 0 Å². The van der Waals surface area contributed by atoms with E-state index in [2.05, 4.69) is 68.3 Å². The van der Waals surface area contributed by atoms with Crippen molar-refractivity contribution in [3.63, 3.8) is 0 Å². The highest BCUT2D eigenvalue weighted by Crippen LogP contribution is 2.22. The van der Waals surface area contributed by atoms with E-state index in [1.54, 1.807) is 0 Å². The Labute approximate surface area is 147 Å². The molecule has 0 radical (unpaired) electrons. The lowest BCUT2D eigenvalue weighted by Crippen LogP contribution is -2.10. The molecular weight excluding hydrogens is 292 g/mol. The maximum absolute atomic E-state index is 7.79. The molecule has 0 aliphatic heterocycles. The van der Waals surface area contributed by atoms with Gasteiger partial charge in [-0.25, -0.2) is 0 Å². The van der Waals surface area contributed by atoms with Crippen LogP contribution in [-0.4, -0.2) is 31.8 Å². The maximum Gasteiger partial charge on any atom is 0.0215 e. The van der Waals surface area contributed by atoms with Gasteiger partial charge in [0.1, 0.15) is 0 Å². The van der Waals surface area contributed by atoms with Gasteiger partial charge in [0, 0.05) is 18.3 Å². The lowest BCUT2D eigenvalue weighted by atomic mass is 9.93. The molecule has 0 aromatic heterocycles. The van der Waals surface area contributed by atoms with Gasteiger partial charge in [-0.05, 0) is 68.6 Å². The molecule has 0 bridgehead atoms. The molecule has 1 aromatic carbocycles. The summed E-state index contributed by atoms with van der Waals surface area (Å²) in [4.78, 5) is 2.12. The molecule has 0 aliphatic carbocycles. The normalized spacial score (nSPS) is 12.2. The van der Waals surface area contributed by atoms with Gasteiger partial charge in [0.15, 0.2) is 0 Å². The minimum atomic E-state index is 0.773. The highest BCUT2D eigenvalue weighted by atomic mass is 15.0. The second-order valence-electron chi connectivity index (χ2n) is 6.34. The van der Waals surface area contributed by atoms with E-state index in [4.69, 9.17) is 5.41 Å². The summed E-state index contributed by atoms with van der Waals surface area (Å²) in [6.07, 6.45) is 7.42. The lowest BCUT2D eigenvalue weighted by molar-refractivity contribution is 0.456. The molecular formula is C22H30N2. The van der Waals surface area contributed by atoms with Gasteiger partial charge < -0.3 is 10.3 Å². The zero-order valence-corrected chi connectivity index (χ0v) is 15.7. The highest BCUT2D eigenvalue weighted by molar-refractivity contribution is 5.79. The van der Waals surface area contributed by atoms with Gasteiger partial charge in [-0.2, -0.15) is 0 Å². The first-order chi connectivity index (χ1) is 11.4. The first-order valence-corrected chi connectivity index (χ1v) is 8.43. The standard InChI is InChI=1S/C22H30N2/c1-7-19(8-2)20-12-11-18(4)21(14-20)15-22(16-23)17(3)10-9-13-24(5)6/h9-12,14,16,23H,1,8,13,15H2,2-6H3/b10-9-,22-17+,23-16?. The Bertz CT molecular complexity index is 684. The first kappa shape index (κ1) is 19.9. The third-order valence-electron chi connectivity index (χ3n) is 4.16. The fourth-order valence-corrected chi connectivity index (χ4v) is 2.54. The summed E-state index contributed by atoms with van der Waals surface area (Å²) >= 11 is 0. The molecule has 24 heavy (non-hydrogen) atoms. The third-order valence-corrected chi connectivity index (χ3v) is 4.16. The molecule has 0 atom stereocenters. The Morgan fingerprint density at radius 1 is 1.33 bits per heavy atom. The second kappa shape index (κ2) is 9.87. The number of nitrogens with one attached hydrogen (secondary N) is 1. The molecule has 0 unspecified atom stereocenters. The van der Waals surface area contributed by atoms with Crippen molar-refractivity contribution in [2.75, 3.05) is 20.6 Å². The van der Waals surface area contributed by atoms with E-state index in [0.717, 1.165) is 36.1 Å². The van der Waals surface area contributed by atoms with Crippen molar-refractivity contribution < 1.29 is 0 Å². The maximum atomic E-state index is 7.79. The van der Waals surface area contributed by atoms with Gasteiger partial charge in [-0.1, -0.05) is 43.9 Å². The van der Waals surface area contributed by atoms with Crippen molar-refractivity contribution in [3.05, 3.63) is 70.5 Å². The Hall–Kier alpha value is -2.15. The molecule has 1 rings (SSSR count). The van der Waals surface area contributed by atoms with Gasteiger partial charge in [-0.15, -0.1) is 5.73 Å². The van der Waals surface area contributed by atoms with Gasteiger partial charge in [0.25, 0.3) is 0 Å². The summed E-state index contributed by atoms with van der Waals surface area (Å²) in [6.45, 7) is 11.0. The van der Waals surface area contributed by atoms with Crippen molar-refractivity contribution in [2.45, 2.75) is 33.6 Å². The van der Waals surface area contributed by atoms with Crippen molar-refractivity contribution in [1.29, 1.82) is 5.41 Å². The van der Waals surface area contributed by atoms with Crippen molar-refractivity contribution >= 4 is 11.8 Å². The van der Waals surface area contributed by atoms with Crippen LogP contribution in [0.1, 0.15) is 37.0 Å². The van der Waals surface area contributed by atoms with Crippen LogP contribution < -0.4 is 0 Å². The number of nitrogens with zero attached hydrogens (tertiary/aromatic N) is 1. The Kier molecular flexibility index (Phi) is 8.18. The van der Waals surface area contributed by atoms with E-state index in [0.29, 0.717) is 0 Å². The van der Waals surface area contributed by atoms with Crippen LogP contribution in [0.25, 0.3) is 5.57 Å².